The predicted molar refractivity (Wildman–Crippen MR) is 66.9 cm³/mol. The summed E-state index contributed by atoms with van der Waals surface area (Å²) in [5.41, 5.74) is 6.30. The van der Waals surface area contributed by atoms with Crippen molar-refractivity contribution >= 4 is 11.6 Å². The fourth-order valence-corrected chi connectivity index (χ4v) is 2.50. The quantitative estimate of drug-likeness (QED) is 0.902. The van der Waals surface area contributed by atoms with Crippen LogP contribution < -0.4 is 5.73 Å². The van der Waals surface area contributed by atoms with Gasteiger partial charge in [0.25, 0.3) is 0 Å². The topological polar surface area (TPSA) is 77.8 Å². The lowest BCUT2D eigenvalue weighted by Gasteiger charge is -2.17. The second kappa shape index (κ2) is 4.33. The normalized spacial score (nSPS) is 18.1. The average Bonchev–Trinajstić information content (AvgIpc) is 2.99. The van der Waals surface area contributed by atoms with E-state index >= 15 is 0 Å². The maximum Gasteiger partial charge on any atom is 0.247 e. The van der Waals surface area contributed by atoms with E-state index in [4.69, 9.17) is 21.9 Å². The molecule has 2 aromatic rings. The molecule has 0 unspecified atom stereocenters. The number of pyridine rings is 1. The number of hydrogen-bond acceptors (Lipinski definition) is 5. The molecule has 0 amide bonds. The monoisotopic (exact) mass is 264 g/mol. The number of hydrogen-bond donors (Lipinski definition) is 1. The van der Waals surface area contributed by atoms with Crippen molar-refractivity contribution in [3.8, 4) is 11.5 Å². The fraction of sp³-hybridized carbons (Fsp3) is 0.417. The molecule has 0 bridgehead atoms. The summed E-state index contributed by atoms with van der Waals surface area (Å²) in [7, 11) is 0. The van der Waals surface area contributed by atoms with E-state index in [0.717, 1.165) is 25.7 Å². The van der Waals surface area contributed by atoms with Crippen molar-refractivity contribution in [2.75, 3.05) is 0 Å². The molecule has 3 rings (SSSR count). The highest BCUT2D eigenvalue weighted by molar-refractivity contribution is 6.32. The van der Waals surface area contributed by atoms with Gasteiger partial charge in [0.05, 0.1) is 10.6 Å². The zero-order valence-corrected chi connectivity index (χ0v) is 10.5. The van der Waals surface area contributed by atoms with Gasteiger partial charge in [0.1, 0.15) is 5.69 Å². The van der Waals surface area contributed by atoms with Crippen molar-refractivity contribution in [1.29, 1.82) is 0 Å². The van der Waals surface area contributed by atoms with E-state index in [1.807, 2.05) is 0 Å². The van der Waals surface area contributed by atoms with Crippen molar-refractivity contribution in [3.63, 3.8) is 0 Å². The van der Waals surface area contributed by atoms with Crippen LogP contribution in [0.25, 0.3) is 11.5 Å². The predicted octanol–water partition coefficient (Wildman–Crippen LogP) is 2.51. The van der Waals surface area contributed by atoms with Gasteiger partial charge in [-0.3, -0.25) is 4.98 Å². The first kappa shape index (κ1) is 11.6. The van der Waals surface area contributed by atoms with Gasteiger partial charge in [0.15, 0.2) is 0 Å². The molecular formula is C12H13ClN4O. The van der Waals surface area contributed by atoms with E-state index in [2.05, 4.69) is 15.1 Å². The van der Waals surface area contributed by atoms with Crippen molar-refractivity contribution in [2.45, 2.75) is 31.2 Å². The SMILES string of the molecule is NC1(c2nc(-c3ncccc3Cl)no2)CCCC1. The van der Waals surface area contributed by atoms with Gasteiger partial charge < -0.3 is 10.3 Å². The lowest BCUT2D eigenvalue weighted by atomic mass is 9.99. The number of nitrogens with two attached hydrogens (primary N) is 1. The number of rotatable bonds is 2. The van der Waals surface area contributed by atoms with Gasteiger partial charge >= 0.3 is 0 Å². The summed E-state index contributed by atoms with van der Waals surface area (Å²) in [4.78, 5) is 8.50. The molecule has 5 nitrogen and oxygen atoms in total. The van der Waals surface area contributed by atoms with Crippen LogP contribution in [-0.4, -0.2) is 15.1 Å². The van der Waals surface area contributed by atoms with E-state index in [9.17, 15) is 0 Å². The van der Waals surface area contributed by atoms with Crippen molar-refractivity contribution in [3.05, 3.63) is 29.2 Å². The molecule has 2 N–H and O–H groups in total. The van der Waals surface area contributed by atoms with E-state index in [1.165, 1.54) is 0 Å². The number of halogens is 1. The minimum Gasteiger partial charge on any atom is -0.337 e. The van der Waals surface area contributed by atoms with E-state index in [0.29, 0.717) is 22.4 Å². The molecule has 1 aliphatic rings. The van der Waals surface area contributed by atoms with Gasteiger partial charge in [-0.1, -0.05) is 29.6 Å². The summed E-state index contributed by atoms with van der Waals surface area (Å²) in [5, 5.41) is 4.43. The Hall–Kier alpha value is -1.46. The molecule has 0 radical (unpaired) electrons. The largest absolute Gasteiger partial charge is 0.337 e. The first-order valence-electron chi connectivity index (χ1n) is 5.93. The van der Waals surface area contributed by atoms with Crippen LogP contribution in [0, 0.1) is 0 Å². The Morgan fingerprint density at radius 3 is 2.83 bits per heavy atom. The van der Waals surface area contributed by atoms with E-state index in [1.54, 1.807) is 18.3 Å². The molecule has 94 valence electrons. The van der Waals surface area contributed by atoms with Crippen LogP contribution in [0.1, 0.15) is 31.6 Å². The van der Waals surface area contributed by atoms with Gasteiger partial charge in [0, 0.05) is 6.20 Å². The Labute approximate surface area is 109 Å². The van der Waals surface area contributed by atoms with Crippen LogP contribution in [-0.2, 0) is 5.54 Å². The molecule has 0 saturated heterocycles. The second-order valence-electron chi connectivity index (χ2n) is 4.62. The Morgan fingerprint density at radius 2 is 2.11 bits per heavy atom. The molecular weight excluding hydrogens is 252 g/mol. The minimum atomic E-state index is -0.480. The third-order valence-corrected chi connectivity index (χ3v) is 3.62. The summed E-state index contributed by atoms with van der Waals surface area (Å²) in [6, 6.07) is 3.50. The molecule has 2 heterocycles. The van der Waals surface area contributed by atoms with Crippen LogP contribution in [0.15, 0.2) is 22.9 Å². The standard InChI is InChI=1S/C12H13ClN4O/c13-8-4-3-7-15-9(8)10-16-11(18-17-10)12(14)5-1-2-6-12/h3-4,7H,1-2,5-6,14H2. The fourth-order valence-electron chi connectivity index (χ4n) is 2.29. The second-order valence-corrected chi connectivity index (χ2v) is 5.03. The summed E-state index contributed by atoms with van der Waals surface area (Å²) in [6.45, 7) is 0. The lowest BCUT2D eigenvalue weighted by molar-refractivity contribution is 0.285. The highest BCUT2D eigenvalue weighted by Gasteiger charge is 2.37. The molecule has 1 saturated carbocycles. The van der Waals surface area contributed by atoms with E-state index < -0.39 is 5.54 Å². The smallest absolute Gasteiger partial charge is 0.247 e. The van der Waals surface area contributed by atoms with Crippen LogP contribution in [0.4, 0.5) is 0 Å². The van der Waals surface area contributed by atoms with Gasteiger partial charge in [-0.05, 0) is 25.0 Å². The Morgan fingerprint density at radius 1 is 1.33 bits per heavy atom. The van der Waals surface area contributed by atoms with Crippen molar-refractivity contribution in [1.82, 2.24) is 15.1 Å². The number of nitrogens with zero attached hydrogens (tertiary/aromatic N) is 3. The van der Waals surface area contributed by atoms with Gasteiger partial charge in [-0.2, -0.15) is 4.98 Å². The summed E-state index contributed by atoms with van der Waals surface area (Å²) >= 11 is 6.05. The lowest BCUT2D eigenvalue weighted by Crippen LogP contribution is -2.33. The maximum atomic E-state index is 6.26. The third-order valence-electron chi connectivity index (χ3n) is 3.32. The van der Waals surface area contributed by atoms with Crippen LogP contribution >= 0.6 is 11.6 Å². The summed E-state index contributed by atoms with van der Waals surface area (Å²) in [6.07, 6.45) is 5.59. The van der Waals surface area contributed by atoms with Crippen LogP contribution in [0.5, 0.6) is 0 Å². The zero-order chi connectivity index (χ0) is 12.6. The highest BCUT2D eigenvalue weighted by Crippen LogP contribution is 2.36. The Balaban J connectivity index is 1.97. The minimum absolute atomic E-state index is 0.396. The van der Waals surface area contributed by atoms with Crippen molar-refractivity contribution < 1.29 is 4.52 Å². The molecule has 1 fully saturated rings. The molecule has 18 heavy (non-hydrogen) atoms. The van der Waals surface area contributed by atoms with E-state index in [-0.39, 0.29) is 0 Å². The molecule has 0 atom stereocenters. The molecule has 0 aliphatic heterocycles. The number of aromatic nitrogens is 3. The van der Waals surface area contributed by atoms with Gasteiger partial charge in [-0.15, -0.1) is 0 Å². The van der Waals surface area contributed by atoms with Crippen LogP contribution in [0.3, 0.4) is 0 Å². The van der Waals surface area contributed by atoms with Gasteiger partial charge in [0.2, 0.25) is 11.7 Å². The van der Waals surface area contributed by atoms with Gasteiger partial charge in [-0.25, -0.2) is 0 Å². The zero-order valence-electron chi connectivity index (χ0n) is 9.77. The first-order valence-corrected chi connectivity index (χ1v) is 6.31. The Bertz CT molecular complexity index is 563. The van der Waals surface area contributed by atoms with Crippen molar-refractivity contribution in [2.24, 2.45) is 5.73 Å². The average molecular weight is 265 g/mol. The first-order chi connectivity index (χ1) is 8.69. The maximum absolute atomic E-state index is 6.26. The molecule has 0 aromatic carbocycles. The molecule has 0 spiro atoms. The third kappa shape index (κ3) is 1.89. The Kier molecular flexibility index (Phi) is 2.80. The highest BCUT2D eigenvalue weighted by atomic mass is 35.5. The summed E-state index contributed by atoms with van der Waals surface area (Å²) < 4.78 is 5.28. The van der Waals surface area contributed by atoms with Crippen LogP contribution in [0.2, 0.25) is 5.02 Å². The molecule has 2 aromatic heterocycles. The molecule has 1 aliphatic carbocycles. The summed E-state index contributed by atoms with van der Waals surface area (Å²) in [5.74, 6) is 0.879. The molecule has 6 heteroatoms.